The summed E-state index contributed by atoms with van der Waals surface area (Å²) in [6.07, 6.45) is 0. The van der Waals surface area contributed by atoms with Gasteiger partial charge in [-0.2, -0.15) is 10.5 Å². The number of nitrogens with one attached hydrogen (secondary N) is 2. The second-order valence-corrected chi connectivity index (χ2v) is 7.81. The summed E-state index contributed by atoms with van der Waals surface area (Å²) < 4.78 is 26.6. The third kappa shape index (κ3) is 4.09. The van der Waals surface area contributed by atoms with E-state index in [-0.39, 0.29) is 16.3 Å². The number of rotatable bonds is 4. The van der Waals surface area contributed by atoms with Crippen LogP contribution in [0.25, 0.3) is 0 Å². The summed E-state index contributed by atoms with van der Waals surface area (Å²) >= 11 is 0.915. The number of hydrogen-bond donors (Lipinski definition) is 2. The molecule has 0 radical (unpaired) electrons. The van der Waals surface area contributed by atoms with E-state index in [1.54, 1.807) is 13.8 Å². The second kappa shape index (κ2) is 7.77. The van der Waals surface area contributed by atoms with Gasteiger partial charge in [0.2, 0.25) is 11.8 Å². The van der Waals surface area contributed by atoms with Gasteiger partial charge in [0, 0.05) is 11.5 Å². The number of hydrogen-bond acceptors (Lipinski definition) is 5. The molecule has 6 nitrogen and oxygen atoms in total. The lowest BCUT2D eigenvalue weighted by Gasteiger charge is -2.35. The zero-order valence-corrected chi connectivity index (χ0v) is 15.6. The molecule has 0 aliphatic carbocycles. The fourth-order valence-electron chi connectivity index (χ4n) is 2.57. The first kappa shape index (κ1) is 20.4. The van der Waals surface area contributed by atoms with Crippen LogP contribution in [0.15, 0.2) is 28.8 Å². The van der Waals surface area contributed by atoms with Gasteiger partial charge in [0.05, 0.1) is 33.7 Å². The first-order valence-corrected chi connectivity index (χ1v) is 8.77. The topological polar surface area (TPSA) is 106 Å². The standard InChI is InChI=1S/C18H16F2N4O2S/c1-9(15(25)23-14-5-4-10(19)6-13(14)20)27-17-12(8-22)18(2,3)11(7-21)16(26)24-17/h4-6,9,11H,1-3H3,(H,23,25)(H,24,26)/t9-,11+/m0/s1. The maximum atomic E-state index is 13.7. The van der Waals surface area contributed by atoms with Crippen molar-refractivity contribution in [3.63, 3.8) is 0 Å². The molecule has 1 aromatic rings. The lowest BCUT2D eigenvalue weighted by Crippen LogP contribution is -2.45. The van der Waals surface area contributed by atoms with Crippen molar-refractivity contribution in [2.24, 2.45) is 11.3 Å². The molecule has 0 fully saturated rings. The molecule has 0 aromatic heterocycles. The molecule has 1 aromatic carbocycles. The Bertz CT molecular complexity index is 915. The molecular formula is C18H16F2N4O2S. The highest BCUT2D eigenvalue weighted by Gasteiger charge is 2.45. The fourth-order valence-corrected chi connectivity index (χ4v) is 3.68. The predicted octanol–water partition coefficient (Wildman–Crippen LogP) is 3.06. The van der Waals surface area contributed by atoms with E-state index >= 15 is 0 Å². The van der Waals surface area contributed by atoms with Crippen LogP contribution in [0.4, 0.5) is 14.5 Å². The molecule has 2 amide bonds. The Morgan fingerprint density at radius 3 is 2.59 bits per heavy atom. The SMILES string of the molecule is C[C@H](SC1=C(C#N)C(C)(C)[C@H](C#N)C(=O)N1)C(=O)Nc1ccc(F)cc1F. The van der Waals surface area contributed by atoms with Crippen LogP contribution in [0.1, 0.15) is 20.8 Å². The van der Waals surface area contributed by atoms with Crippen LogP contribution in [-0.2, 0) is 9.59 Å². The van der Waals surface area contributed by atoms with Crippen LogP contribution in [0.2, 0.25) is 0 Å². The molecule has 0 bridgehead atoms. The molecular weight excluding hydrogens is 374 g/mol. The molecule has 2 N–H and O–H groups in total. The Morgan fingerprint density at radius 2 is 2.04 bits per heavy atom. The molecule has 0 unspecified atom stereocenters. The Labute approximate surface area is 159 Å². The monoisotopic (exact) mass is 390 g/mol. The Hall–Kier alpha value is -2.91. The number of thioether (sulfide) groups is 1. The molecule has 27 heavy (non-hydrogen) atoms. The molecule has 140 valence electrons. The van der Waals surface area contributed by atoms with E-state index < -0.39 is 40.0 Å². The highest BCUT2D eigenvalue weighted by atomic mass is 32.2. The molecule has 0 saturated carbocycles. The van der Waals surface area contributed by atoms with E-state index in [0.29, 0.717) is 6.07 Å². The zero-order chi connectivity index (χ0) is 20.4. The van der Waals surface area contributed by atoms with Gasteiger partial charge in [-0.25, -0.2) is 8.78 Å². The van der Waals surface area contributed by atoms with Crippen LogP contribution in [0.5, 0.6) is 0 Å². The van der Waals surface area contributed by atoms with Crippen molar-refractivity contribution in [3.8, 4) is 12.1 Å². The zero-order valence-electron chi connectivity index (χ0n) is 14.8. The van der Waals surface area contributed by atoms with Crippen LogP contribution >= 0.6 is 11.8 Å². The number of allylic oxidation sites excluding steroid dienone is 1. The van der Waals surface area contributed by atoms with Crippen molar-refractivity contribution in [2.75, 3.05) is 5.32 Å². The largest absolute Gasteiger partial charge is 0.323 e. The van der Waals surface area contributed by atoms with E-state index in [0.717, 1.165) is 23.9 Å². The van der Waals surface area contributed by atoms with Crippen LogP contribution in [0.3, 0.4) is 0 Å². The van der Waals surface area contributed by atoms with E-state index in [9.17, 15) is 28.9 Å². The number of carbonyl (C=O) groups excluding carboxylic acids is 2. The van der Waals surface area contributed by atoms with Gasteiger partial charge < -0.3 is 10.6 Å². The lowest BCUT2D eigenvalue weighted by molar-refractivity contribution is -0.125. The molecule has 0 saturated heterocycles. The molecule has 1 aliphatic heterocycles. The molecule has 2 rings (SSSR count). The van der Waals surface area contributed by atoms with E-state index in [1.807, 2.05) is 12.1 Å². The summed E-state index contributed by atoms with van der Waals surface area (Å²) in [4.78, 5) is 24.5. The summed E-state index contributed by atoms with van der Waals surface area (Å²) in [5.74, 6) is -3.86. The Morgan fingerprint density at radius 1 is 1.37 bits per heavy atom. The summed E-state index contributed by atoms with van der Waals surface area (Å²) in [6, 6.07) is 6.65. The number of benzene rings is 1. The van der Waals surface area contributed by atoms with Gasteiger partial charge in [0.15, 0.2) is 0 Å². The van der Waals surface area contributed by atoms with Gasteiger partial charge in [0.25, 0.3) is 0 Å². The Kier molecular flexibility index (Phi) is 5.87. The van der Waals surface area contributed by atoms with Gasteiger partial charge in [-0.15, -0.1) is 0 Å². The first-order valence-electron chi connectivity index (χ1n) is 7.89. The average Bonchev–Trinajstić information content (AvgIpc) is 2.56. The fraction of sp³-hybridized carbons (Fsp3) is 0.333. The number of anilines is 1. The van der Waals surface area contributed by atoms with Crippen LogP contribution in [-0.4, -0.2) is 17.1 Å². The molecule has 1 aliphatic rings. The van der Waals surface area contributed by atoms with Gasteiger partial charge >= 0.3 is 0 Å². The quantitative estimate of drug-likeness (QED) is 0.822. The molecule has 0 spiro atoms. The summed E-state index contributed by atoms with van der Waals surface area (Å²) in [6.45, 7) is 4.73. The molecule has 9 heteroatoms. The number of nitrogens with zero attached hydrogens (tertiary/aromatic N) is 2. The highest BCUT2D eigenvalue weighted by Crippen LogP contribution is 2.42. The lowest BCUT2D eigenvalue weighted by atomic mass is 9.72. The smallest absolute Gasteiger partial charge is 0.243 e. The number of amides is 2. The molecule has 1 heterocycles. The minimum atomic E-state index is -1.03. The maximum absolute atomic E-state index is 13.7. The summed E-state index contributed by atoms with van der Waals surface area (Å²) in [7, 11) is 0. The van der Waals surface area contributed by atoms with Crippen LogP contribution in [0, 0.1) is 45.6 Å². The highest BCUT2D eigenvalue weighted by molar-refractivity contribution is 8.04. The van der Waals surface area contributed by atoms with Crippen molar-refractivity contribution in [3.05, 3.63) is 40.4 Å². The maximum Gasteiger partial charge on any atom is 0.243 e. The number of halogens is 2. The Balaban J connectivity index is 2.23. The predicted molar refractivity (Wildman–Crippen MR) is 95.7 cm³/mol. The van der Waals surface area contributed by atoms with Crippen molar-refractivity contribution < 1.29 is 18.4 Å². The van der Waals surface area contributed by atoms with Crippen molar-refractivity contribution in [1.29, 1.82) is 10.5 Å². The number of nitriles is 2. The minimum Gasteiger partial charge on any atom is -0.323 e. The van der Waals surface area contributed by atoms with Crippen molar-refractivity contribution in [1.82, 2.24) is 5.32 Å². The van der Waals surface area contributed by atoms with Crippen LogP contribution < -0.4 is 10.6 Å². The van der Waals surface area contributed by atoms with Gasteiger partial charge in [-0.1, -0.05) is 25.6 Å². The summed E-state index contributed by atoms with van der Waals surface area (Å²) in [5.41, 5.74) is -1.01. The second-order valence-electron chi connectivity index (χ2n) is 6.46. The number of carbonyl (C=O) groups is 2. The van der Waals surface area contributed by atoms with Gasteiger partial charge in [0.1, 0.15) is 17.6 Å². The van der Waals surface area contributed by atoms with Crippen molar-refractivity contribution >= 4 is 29.3 Å². The van der Waals surface area contributed by atoms with E-state index in [4.69, 9.17) is 0 Å². The van der Waals surface area contributed by atoms with E-state index in [1.165, 1.54) is 6.92 Å². The van der Waals surface area contributed by atoms with E-state index in [2.05, 4.69) is 10.6 Å². The molecule has 2 atom stereocenters. The van der Waals surface area contributed by atoms with Gasteiger partial charge in [-0.3, -0.25) is 9.59 Å². The summed E-state index contributed by atoms with van der Waals surface area (Å²) in [5, 5.41) is 22.9. The van der Waals surface area contributed by atoms with Crippen molar-refractivity contribution in [2.45, 2.75) is 26.0 Å². The minimum absolute atomic E-state index is 0.180. The average molecular weight is 390 g/mol. The third-order valence-electron chi connectivity index (χ3n) is 4.19. The third-order valence-corrected chi connectivity index (χ3v) is 5.30. The first-order chi connectivity index (χ1) is 12.6. The van der Waals surface area contributed by atoms with Gasteiger partial charge in [-0.05, 0) is 19.1 Å². The normalized spacial score (nSPS) is 19.5.